The van der Waals surface area contributed by atoms with Crippen LogP contribution >= 0.6 is 0 Å². The molecule has 8 N–H and O–H groups in total. The summed E-state index contributed by atoms with van der Waals surface area (Å²) in [5.41, 5.74) is 11.7. The van der Waals surface area contributed by atoms with Crippen molar-refractivity contribution in [3.8, 4) is 23.0 Å². The van der Waals surface area contributed by atoms with E-state index in [1.165, 1.54) is 87.8 Å². The third-order valence-electron chi connectivity index (χ3n) is 9.85. The zero-order valence-corrected chi connectivity index (χ0v) is 33.0. The number of rotatable bonds is 20. The maximum atomic E-state index is 13.0. The molecule has 4 rings (SSSR count). The average Bonchev–Trinajstić information content (AvgIpc) is 3.20. The molecule has 4 aromatic carbocycles. The van der Waals surface area contributed by atoms with E-state index in [0.29, 0.717) is 11.1 Å². The first-order valence-electron chi connectivity index (χ1n) is 20.0. The largest absolute Gasteiger partial charge is 0.507 e. The van der Waals surface area contributed by atoms with E-state index in [0.717, 1.165) is 49.7 Å². The fourth-order valence-electron chi connectivity index (χ4n) is 6.55. The zero-order valence-electron chi connectivity index (χ0n) is 33.0. The second kappa shape index (κ2) is 22.5. The van der Waals surface area contributed by atoms with Gasteiger partial charge in [0.05, 0.1) is 22.3 Å². The molecule has 304 valence electrons. The number of hydrazine groups is 2. The molecule has 0 aliphatic rings. The predicted octanol–water partition coefficient (Wildman–Crippen LogP) is 8.06. The van der Waals surface area contributed by atoms with Gasteiger partial charge in [0, 0.05) is 0 Å². The van der Waals surface area contributed by atoms with Crippen molar-refractivity contribution >= 4 is 23.6 Å². The van der Waals surface area contributed by atoms with Crippen LogP contribution in [0.4, 0.5) is 0 Å². The molecule has 0 aliphatic heterocycles. The Labute approximate surface area is 334 Å². The summed E-state index contributed by atoms with van der Waals surface area (Å²) in [5.74, 6) is -4.17. The lowest BCUT2D eigenvalue weighted by Crippen LogP contribution is -2.41. The van der Waals surface area contributed by atoms with E-state index in [4.69, 9.17) is 0 Å². The number of carbonyl (C=O) groups excluding carboxylic acids is 4. The third-order valence-corrected chi connectivity index (χ3v) is 9.85. The van der Waals surface area contributed by atoms with E-state index in [1.54, 1.807) is 36.4 Å². The maximum absolute atomic E-state index is 13.0. The Bertz CT molecular complexity index is 1860. The molecular weight excluding hydrogens is 725 g/mol. The summed E-state index contributed by atoms with van der Waals surface area (Å²) in [6.07, 6.45) is 15.5. The van der Waals surface area contributed by atoms with Gasteiger partial charge in [-0.1, -0.05) is 102 Å². The molecule has 0 spiro atoms. The number of unbranched alkanes of at least 4 members (excludes halogenated alkanes) is 10. The van der Waals surface area contributed by atoms with Gasteiger partial charge in [0.2, 0.25) is 0 Å². The van der Waals surface area contributed by atoms with Crippen LogP contribution in [-0.4, -0.2) is 44.1 Å². The predicted molar refractivity (Wildman–Crippen MR) is 219 cm³/mol. The van der Waals surface area contributed by atoms with Crippen molar-refractivity contribution < 1.29 is 39.6 Å². The summed E-state index contributed by atoms with van der Waals surface area (Å²) >= 11 is 0. The highest BCUT2D eigenvalue weighted by Gasteiger charge is 2.19. The quantitative estimate of drug-likeness (QED) is 0.0326. The van der Waals surface area contributed by atoms with Gasteiger partial charge in [-0.15, -0.1) is 0 Å². The standard InChI is InChI=1S/C45H56N4O8/c1-3-5-7-9-11-13-15-30-17-21-34(40(52)28-30)42(54)46-48-44(56)36-26-32(19-23-38(36)50)25-33-20-24-39(51)37(27-33)45(57)49-47-43(55)35-22-18-31(29-41(35)53)16-14-12-10-8-6-4-2/h17-24,26-29,50-53H,3-16,25H2,1-2H3,(H,46,54)(H,47,55)(H,48,56)(H,49,57). The first-order valence-corrected chi connectivity index (χ1v) is 20.0. The molecule has 12 nitrogen and oxygen atoms in total. The Hall–Kier alpha value is -6.04. The van der Waals surface area contributed by atoms with Crippen LogP contribution in [0.25, 0.3) is 0 Å². The topological polar surface area (TPSA) is 197 Å². The molecule has 0 radical (unpaired) electrons. The fourth-order valence-corrected chi connectivity index (χ4v) is 6.55. The van der Waals surface area contributed by atoms with Crippen molar-refractivity contribution in [3.63, 3.8) is 0 Å². The Morgan fingerprint density at radius 2 is 0.719 bits per heavy atom. The number of carbonyl (C=O) groups is 4. The summed E-state index contributed by atoms with van der Waals surface area (Å²) in [6.45, 7) is 4.35. The van der Waals surface area contributed by atoms with Crippen molar-refractivity contribution in [2.45, 2.75) is 110 Å². The summed E-state index contributed by atoms with van der Waals surface area (Å²) in [6, 6.07) is 18.3. The van der Waals surface area contributed by atoms with Crippen LogP contribution < -0.4 is 21.7 Å². The molecule has 4 aromatic rings. The van der Waals surface area contributed by atoms with Gasteiger partial charge in [-0.2, -0.15) is 0 Å². The first-order chi connectivity index (χ1) is 27.5. The fraction of sp³-hybridized carbons (Fsp3) is 0.378. The van der Waals surface area contributed by atoms with Crippen molar-refractivity contribution in [2.75, 3.05) is 0 Å². The van der Waals surface area contributed by atoms with Gasteiger partial charge in [0.25, 0.3) is 23.6 Å². The summed E-state index contributed by atoms with van der Waals surface area (Å²) in [5, 5.41) is 41.9. The van der Waals surface area contributed by atoms with Crippen LogP contribution in [-0.2, 0) is 19.3 Å². The van der Waals surface area contributed by atoms with Crippen LogP contribution in [0.15, 0.2) is 72.8 Å². The lowest BCUT2D eigenvalue weighted by Gasteiger charge is -2.13. The number of hydrogen-bond acceptors (Lipinski definition) is 8. The van der Waals surface area contributed by atoms with Crippen molar-refractivity contribution in [1.82, 2.24) is 21.7 Å². The van der Waals surface area contributed by atoms with E-state index < -0.39 is 23.6 Å². The van der Waals surface area contributed by atoms with Crippen molar-refractivity contribution in [1.29, 1.82) is 0 Å². The zero-order chi connectivity index (χ0) is 41.2. The van der Waals surface area contributed by atoms with E-state index in [9.17, 15) is 39.6 Å². The van der Waals surface area contributed by atoms with Crippen LogP contribution in [0.5, 0.6) is 23.0 Å². The van der Waals surface area contributed by atoms with Crippen LogP contribution in [0.1, 0.15) is 155 Å². The second-order valence-corrected chi connectivity index (χ2v) is 14.4. The van der Waals surface area contributed by atoms with Crippen LogP contribution in [0.3, 0.4) is 0 Å². The summed E-state index contributed by atoms with van der Waals surface area (Å²) in [7, 11) is 0. The first kappa shape index (κ1) is 43.7. The van der Waals surface area contributed by atoms with Gasteiger partial charge >= 0.3 is 0 Å². The molecular formula is C45H56N4O8. The highest BCUT2D eigenvalue weighted by atomic mass is 16.3. The summed E-state index contributed by atoms with van der Waals surface area (Å²) in [4.78, 5) is 51.6. The number of benzene rings is 4. The maximum Gasteiger partial charge on any atom is 0.273 e. The monoisotopic (exact) mass is 780 g/mol. The molecule has 0 aliphatic carbocycles. The van der Waals surface area contributed by atoms with Gasteiger partial charge < -0.3 is 20.4 Å². The van der Waals surface area contributed by atoms with Crippen molar-refractivity contribution in [2.24, 2.45) is 0 Å². The van der Waals surface area contributed by atoms with Gasteiger partial charge in [-0.05, 0) is 103 Å². The highest BCUT2D eigenvalue weighted by molar-refractivity contribution is 6.02. The van der Waals surface area contributed by atoms with Gasteiger partial charge in [0.15, 0.2) is 0 Å². The number of aryl methyl sites for hydroxylation is 2. The number of amides is 4. The lowest BCUT2D eigenvalue weighted by molar-refractivity contribution is 0.0843. The smallest absolute Gasteiger partial charge is 0.273 e. The Morgan fingerprint density at radius 3 is 1.09 bits per heavy atom. The van der Waals surface area contributed by atoms with E-state index in [1.807, 2.05) is 0 Å². The number of nitrogens with one attached hydrogen (secondary N) is 4. The Morgan fingerprint density at radius 1 is 0.386 bits per heavy atom. The van der Waals surface area contributed by atoms with E-state index >= 15 is 0 Å². The normalized spacial score (nSPS) is 10.8. The number of hydrogen-bond donors (Lipinski definition) is 8. The van der Waals surface area contributed by atoms with Crippen LogP contribution in [0.2, 0.25) is 0 Å². The van der Waals surface area contributed by atoms with E-state index in [2.05, 4.69) is 35.6 Å². The molecule has 0 fully saturated rings. The number of aromatic hydroxyl groups is 4. The number of phenols is 4. The molecule has 0 unspecified atom stereocenters. The minimum atomic E-state index is -0.804. The average molecular weight is 781 g/mol. The number of phenolic OH excluding ortho intramolecular Hbond substituents is 4. The molecule has 0 saturated carbocycles. The highest BCUT2D eigenvalue weighted by Crippen LogP contribution is 2.25. The minimum absolute atomic E-state index is 0.0161. The van der Waals surface area contributed by atoms with Crippen molar-refractivity contribution in [3.05, 3.63) is 117 Å². The minimum Gasteiger partial charge on any atom is -0.507 e. The SMILES string of the molecule is CCCCCCCCc1ccc(C(=O)NNC(=O)c2cc(Cc3ccc(O)c(C(=O)NNC(=O)c4ccc(CCCCCCCC)cc4O)c3)ccc2O)c(O)c1. The van der Waals surface area contributed by atoms with Gasteiger partial charge in [-0.3, -0.25) is 40.9 Å². The molecule has 12 heteroatoms. The summed E-state index contributed by atoms with van der Waals surface area (Å²) < 4.78 is 0. The molecule has 0 atom stereocenters. The second-order valence-electron chi connectivity index (χ2n) is 14.4. The third kappa shape index (κ3) is 13.6. The lowest BCUT2D eigenvalue weighted by atomic mass is 10.00. The van der Waals surface area contributed by atoms with Crippen LogP contribution in [0, 0.1) is 0 Å². The van der Waals surface area contributed by atoms with E-state index in [-0.39, 0.29) is 51.7 Å². The molecule has 4 amide bonds. The van der Waals surface area contributed by atoms with Gasteiger partial charge in [0.1, 0.15) is 23.0 Å². The molecule has 0 bridgehead atoms. The Balaban J connectivity index is 1.30. The Kier molecular flexibility index (Phi) is 17.2. The molecule has 0 aromatic heterocycles. The van der Waals surface area contributed by atoms with Gasteiger partial charge in [-0.25, -0.2) is 0 Å². The molecule has 0 saturated heterocycles. The molecule has 0 heterocycles. The molecule has 57 heavy (non-hydrogen) atoms.